The number of benzene rings is 1. The highest BCUT2D eigenvalue weighted by molar-refractivity contribution is 7.10. The van der Waals surface area contributed by atoms with Gasteiger partial charge in [-0.1, -0.05) is 30.3 Å². The zero-order chi connectivity index (χ0) is 13.7. The largest absolute Gasteiger partial charge is 0.377 e. The van der Waals surface area contributed by atoms with Crippen LogP contribution in [0.15, 0.2) is 35.7 Å². The van der Waals surface area contributed by atoms with Crippen LogP contribution in [0.3, 0.4) is 0 Å². The van der Waals surface area contributed by atoms with Gasteiger partial charge >= 0.3 is 0 Å². The maximum Gasteiger partial charge on any atom is 0.182 e. The Morgan fingerprint density at radius 2 is 2.21 bits per heavy atom. The number of thiazole rings is 1. The van der Waals surface area contributed by atoms with Gasteiger partial charge in [-0.05, 0) is 0 Å². The molecule has 0 amide bonds. The minimum absolute atomic E-state index is 0.0710. The van der Waals surface area contributed by atoms with E-state index in [4.69, 9.17) is 10.00 Å². The normalized spacial score (nSPS) is 11.8. The molecule has 5 heteroatoms. The van der Waals surface area contributed by atoms with Crippen LogP contribution in [0, 0.1) is 11.3 Å². The fourth-order valence-electron chi connectivity index (χ4n) is 1.65. The van der Waals surface area contributed by atoms with Gasteiger partial charge in [0.15, 0.2) is 11.7 Å². The molecule has 0 unspecified atom stereocenters. The van der Waals surface area contributed by atoms with Crippen LogP contribution in [0.5, 0.6) is 0 Å². The van der Waals surface area contributed by atoms with Crippen molar-refractivity contribution in [2.45, 2.75) is 5.92 Å². The lowest BCUT2D eigenvalue weighted by atomic mass is 10.1. The summed E-state index contributed by atoms with van der Waals surface area (Å²) in [5.41, 5.74) is 1.76. The van der Waals surface area contributed by atoms with Gasteiger partial charge < -0.3 is 4.74 Å². The molecule has 0 saturated carbocycles. The Kier molecular flexibility index (Phi) is 4.39. The van der Waals surface area contributed by atoms with Gasteiger partial charge in [-0.2, -0.15) is 5.26 Å². The first-order valence-electron chi connectivity index (χ1n) is 5.68. The molecule has 2 rings (SSSR count). The number of methoxy groups -OCH3 is 1. The van der Waals surface area contributed by atoms with Crippen molar-refractivity contribution >= 4 is 17.1 Å². The second-order valence-corrected chi connectivity index (χ2v) is 4.79. The van der Waals surface area contributed by atoms with Gasteiger partial charge in [-0.25, -0.2) is 4.98 Å². The summed E-state index contributed by atoms with van der Waals surface area (Å²) in [6.45, 7) is -0.0710. The molecule has 4 nitrogen and oxygen atoms in total. The summed E-state index contributed by atoms with van der Waals surface area (Å²) >= 11 is 1.32. The van der Waals surface area contributed by atoms with Crippen molar-refractivity contribution in [3.05, 3.63) is 40.7 Å². The number of hydrogen-bond acceptors (Lipinski definition) is 5. The second-order valence-electron chi connectivity index (χ2n) is 3.90. The second kappa shape index (κ2) is 6.23. The molecule has 96 valence electrons. The molecular weight excluding hydrogens is 260 g/mol. The number of nitrogens with zero attached hydrogens (tertiary/aromatic N) is 2. The van der Waals surface area contributed by atoms with E-state index in [-0.39, 0.29) is 12.4 Å². The Balaban J connectivity index is 2.26. The summed E-state index contributed by atoms with van der Waals surface area (Å²) in [4.78, 5) is 16.1. The van der Waals surface area contributed by atoms with Gasteiger partial charge in [0.05, 0.1) is 11.8 Å². The number of rotatable bonds is 5. The fraction of sp³-hybridized carbons (Fsp3) is 0.214. The molecule has 0 aliphatic carbocycles. The SMILES string of the molecule is COCC(=O)[C@@H](C#N)c1nc(-c2ccccc2)cs1. The molecule has 0 fully saturated rings. The highest BCUT2D eigenvalue weighted by Gasteiger charge is 2.23. The molecule has 2 aromatic rings. The zero-order valence-corrected chi connectivity index (χ0v) is 11.2. The Hall–Kier alpha value is -2.03. The molecule has 0 N–H and O–H groups in total. The number of carbonyl (C=O) groups excluding carboxylic acids is 1. The maximum absolute atomic E-state index is 11.7. The summed E-state index contributed by atoms with van der Waals surface area (Å²) < 4.78 is 4.78. The van der Waals surface area contributed by atoms with E-state index in [1.165, 1.54) is 18.4 Å². The topological polar surface area (TPSA) is 63.0 Å². The van der Waals surface area contributed by atoms with Crippen molar-refractivity contribution in [1.29, 1.82) is 5.26 Å². The number of aromatic nitrogens is 1. The number of Topliss-reactive ketones (excluding diaryl/α,β-unsaturated/α-hetero) is 1. The number of nitriles is 1. The van der Waals surface area contributed by atoms with Gasteiger partial charge in [0.2, 0.25) is 0 Å². The van der Waals surface area contributed by atoms with Crippen LogP contribution in [0.1, 0.15) is 10.9 Å². The number of carbonyl (C=O) groups is 1. The monoisotopic (exact) mass is 272 g/mol. The molecule has 0 spiro atoms. The Morgan fingerprint density at radius 1 is 1.47 bits per heavy atom. The summed E-state index contributed by atoms with van der Waals surface area (Å²) in [6, 6.07) is 11.6. The molecule has 0 aliphatic heterocycles. The van der Waals surface area contributed by atoms with E-state index in [0.29, 0.717) is 5.01 Å². The summed E-state index contributed by atoms with van der Waals surface area (Å²) in [5.74, 6) is -1.11. The van der Waals surface area contributed by atoms with Crippen LogP contribution in [-0.2, 0) is 9.53 Å². The molecule has 0 aliphatic rings. The quantitative estimate of drug-likeness (QED) is 0.839. The van der Waals surface area contributed by atoms with Crippen molar-refractivity contribution in [2.24, 2.45) is 0 Å². The molecule has 1 atom stereocenters. The average molecular weight is 272 g/mol. The van der Waals surface area contributed by atoms with Crippen LogP contribution in [-0.4, -0.2) is 24.5 Å². The van der Waals surface area contributed by atoms with E-state index >= 15 is 0 Å². The van der Waals surface area contributed by atoms with Crippen molar-refractivity contribution in [3.8, 4) is 17.3 Å². The maximum atomic E-state index is 11.7. The van der Waals surface area contributed by atoms with Crippen LogP contribution >= 0.6 is 11.3 Å². The highest BCUT2D eigenvalue weighted by atomic mass is 32.1. The van der Waals surface area contributed by atoms with Crippen molar-refractivity contribution in [3.63, 3.8) is 0 Å². The van der Waals surface area contributed by atoms with E-state index in [0.717, 1.165) is 11.3 Å². The van der Waals surface area contributed by atoms with Crippen LogP contribution in [0.4, 0.5) is 0 Å². The smallest absolute Gasteiger partial charge is 0.182 e. The Morgan fingerprint density at radius 3 is 2.84 bits per heavy atom. The van der Waals surface area contributed by atoms with Crippen molar-refractivity contribution in [1.82, 2.24) is 4.98 Å². The van der Waals surface area contributed by atoms with Gasteiger partial charge in [0.25, 0.3) is 0 Å². The molecule has 1 aromatic carbocycles. The highest BCUT2D eigenvalue weighted by Crippen LogP contribution is 2.26. The summed E-state index contributed by atoms with van der Waals surface area (Å²) in [6.07, 6.45) is 0. The van der Waals surface area contributed by atoms with E-state index in [1.807, 2.05) is 41.8 Å². The van der Waals surface area contributed by atoms with Crippen molar-refractivity contribution in [2.75, 3.05) is 13.7 Å². The molecule has 0 radical (unpaired) electrons. The van der Waals surface area contributed by atoms with Crippen LogP contribution in [0.25, 0.3) is 11.3 Å². The third-order valence-corrected chi connectivity index (χ3v) is 3.49. The minimum atomic E-state index is -0.845. The lowest BCUT2D eigenvalue weighted by Crippen LogP contribution is -2.15. The predicted octanol–water partition coefficient (Wildman–Crippen LogP) is 2.63. The first-order chi connectivity index (χ1) is 9.26. The third-order valence-electron chi connectivity index (χ3n) is 2.58. The molecule has 1 aromatic heterocycles. The molecule has 1 heterocycles. The Bertz CT molecular complexity index is 601. The molecular formula is C14H12N2O2S. The van der Waals surface area contributed by atoms with Gasteiger partial charge in [0.1, 0.15) is 11.6 Å². The first-order valence-corrected chi connectivity index (χ1v) is 6.56. The van der Waals surface area contributed by atoms with E-state index in [1.54, 1.807) is 0 Å². The molecule has 0 saturated heterocycles. The number of ketones is 1. The van der Waals surface area contributed by atoms with Gasteiger partial charge in [-0.15, -0.1) is 11.3 Å². The van der Waals surface area contributed by atoms with Gasteiger partial charge in [0, 0.05) is 18.1 Å². The van der Waals surface area contributed by atoms with Crippen molar-refractivity contribution < 1.29 is 9.53 Å². The van der Waals surface area contributed by atoms with E-state index < -0.39 is 5.92 Å². The number of hydrogen-bond donors (Lipinski definition) is 0. The minimum Gasteiger partial charge on any atom is -0.377 e. The summed E-state index contributed by atoms with van der Waals surface area (Å²) in [7, 11) is 1.43. The average Bonchev–Trinajstić information content (AvgIpc) is 2.90. The summed E-state index contributed by atoms with van der Waals surface area (Å²) in [5, 5.41) is 11.5. The molecule has 19 heavy (non-hydrogen) atoms. The third kappa shape index (κ3) is 3.05. The standard InChI is InChI=1S/C14H12N2O2S/c1-18-8-13(17)11(7-15)14-16-12(9-19-14)10-5-3-2-4-6-10/h2-6,9,11H,8H2,1H3/t11-/m1/s1. The lowest BCUT2D eigenvalue weighted by molar-refractivity contribution is -0.122. The van der Waals surface area contributed by atoms with E-state index in [2.05, 4.69) is 4.98 Å². The first kappa shape index (κ1) is 13.4. The van der Waals surface area contributed by atoms with E-state index in [9.17, 15) is 4.79 Å². The van der Waals surface area contributed by atoms with Gasteiger partial charge in [-0.3, -0.25) is 4.79 Å². The molecule has 0 bridgehead atoms. The fourth-order valence-corrected chi connectivity index (χ4v) is 2.54. The zero-order valence-electron chi connectivity index (χ0n) is 10.4. The lowest BCUT2D eigenvalue weighted by Gasteiger charge is -2.03. The number of ether oxygens (including phenoxy) is 1. The van der Waals surface area contributed by atoms with Crippen LogP contribution < -0.4 is 0 Å². The Labute approximate surface area is 115 Å². The predicted molar refractivity (Wildman–Crippen MR) is 72.8 cm³/mol. The van der Waals surface area contributed by atoms with Crippen LogP contribution in [0.2, 0.25) is 0 Å².